The minimum absolute atomic E-state index is 0.106. The molecule has 1 heteroatoms. The van der Waals surface area contributed by atoms with Crippen LogP contribution in [0.1, 0.15) is 48.0 Å². The Morgan fingerprint density at radius 2 is 1.50 bits per heavy atom. The predicted molar refractivity (Wildman–Crippen MR) is 53.1 cm³/mol. The Morgan fingerprint density at radius 3 is 1.58 bits per heavy atom. The van der Waals surface area contributed by atoms with Gasteiger partial charge in [-0.25, -0.2) is 0 Å². The number of rotatable bonds is 2. The summed E-state index contributed by atoms with van der Waals surface area (Å²) < 4.78 is 0. The first kappa shape index (κ1) is 11.7. The van der Waals surface area contributed by atoms with Gasteiger partial charge < -0.3 is 4.79 Å². The lowest BCUT2D eigenvalue weighted by molar-refractivity contribution is -0.115. The first-order valence-electron chi connectivity index (χ1n) is 4.62. The van der Waals surface area contributed by atoms with Gasteiger partial charge in [-0.15, -0.1) is 0 Å². The highest BCUT2D eigenvalue weighted by Gasteiger charge is 2.28. The van der Waals surface area contributed by atoms with Gasteiger partial charge in [0, 0.05) is 5.92 Å². The molecular formula is C11H22O. The predicted octanol–water partition coefficient (Wildman–Crippen LogP) is 3.28. The van der Waals surface area contributed by atoms with E-state index in [1.54, 1.807) is 0 Å². The molecule has 0 radical (unpaired) electrons. The maximum Gasteiger partial charge on any atom is 0.123 e. The second-order valence-corrected chi connectivity index (χ2v) is 5.87. The van der Waals surface area contributed by atoms with Crippen LogP contribution in [0, 0.1) is 16.7 Å². The SMILES string of the molecule is CC(C)(C)CC(C=O)C(C)(C)C. The Kier molecular flexibility index (Phi) is 3.49. The van der Waals surface area contributed by atoms with E-state index in [-0.39, 0.29) is 16.7 Å². The van der Waals surface area contributed by atoms with Gasteiger partial charge in [0.05, 0.1) is 0 Å². The lowest BCUT2D eigenvalue weighted by atomic mass is 9.73. The largest absolute Gasteiger partial charge is 0.303 e. The maximum atomic E-state index is 10.8. The van der Waals surface area contributed by atoms with Crippen LogP contribution in [0.5, 0.6) is 0 Å². The van der Waals surface area contributed by atoms with Gasteiger partial charge in [0.25, 0.3) is 0 Å². The molecule has 0 aromatic carbocycles. The van der Waals surface area contributed by atoms with E-state index in [0.717, 1.165) is 12.7 Å². The van der Waals surface area contributed by atoms with E-state index in [9.17, 15) is 4.79 Å². The van der Waals surface area contributed by atoms with Gasteiger partial charge in [0.1, 0.15) is 6.29 Å². The summed E-state index contributed by atoms with van der Waals surface area (Å²) in [6, 6.07) is 0. The lowest BCUT2D eigenvalue weighted by Crippen LogP contribution is -2.26. The van der Waals surface area contributed by atoms with Crippen molar-refractivity contribution in [3.05, 3.63) is 0 Å². The molecule has 0 rings (SSSR count). The molecule has 0 heterocycles. The van der Waals surface area contributed by atoms with E-state index >= 15 is 0 Å². The summed E-state index contributed by atoms with van der Waals surface area (Å²) in [5.41, 5.74) is 0.355. The van der Waals surface area contributed by atoms with Crippen LogP contribution in [0.25, 0.3) is 0 Å². The van der Waals surface area contributed by atoms with Crippen LogP contribution in [0.3, 0.4) is 0 Å². The minimum atomic E-state index is 0.106. The molecule has 0 spiro atoms. The highest BCUT2D eigenvalue weighted by molar-refractivity contribution is 5.54. The highest BCUT2D eigenvalue weighted by Crippen LogP contribution is 2.34. The van der Waals surface area contributed by atoms with Crippen molar-refractivity contribution >= 4 is 6.29 Å². The molecule has 0 aliphatic heterocycles. The third kappa shape index (κ3) is 4.53. The molecule has 1 unspecified atom stereocenters. The zero-order chi connectivity index (χ0) is 9.99. The first-order chi connectivity index (χ1) is 5.17. The normalized spacial score (nSPS) is 15.8. The summed E-state index contributed by atoms with van der Waals surface area (Å²) in [6.07, 6.45) is 2.07. The van der Waals surface area contributed by atoms with Gasteiger partial charge in [-0.1, -0.05) is 41.5 Å². The van der Waals surface area contributed by atoms with Crippen molar-refractivity contribution in [1.82, 2.24) is 0 Å². The molecule has 0 amide bonds. The van der Waals surface area contributed by atoms with E-state index in [0.29, 0.717) is 0 Å². The molecule has 0 aliphatic carbocycles. The molecule has 0 saturated heterocycles. The molecule has 72 valence electrons. The van der Waals surface area contributed by atoms with Gasteiger partial charge in [0.15, 0.2) is 0 Å². The standard InChI is InChI=1S/C11H22O/c1-10(2,3)7-9(8-12)11(4,5)6/h8-9H,7H2,1-6H3. The van der Waals surface area contributed by atoms with Gasteiger partial charge in [-0.2, -0.15) is 0 Å². The average Bonchev–Trinajstić information content (AvgIpc) is 1.78. The zero-order valence-corrected chi connectivity index (χ0v) is 9.27. The number of carbonyl (C=O) groups excluding carboxylic acids is 1. The van der Waals surface area contributed by atoms with E-state index in [1.165, 1.54) is 0 Å². The summed E-state index contributed by atoms with van der Waals surface area (Å²) in [5.74, 6) is 0.178. The van der Waals surface area contributed by atoms with Gasteiger partial charge in [0.2, 0.25) is 0 Å². The van der Waals surface area contributed by atoms with Crippen LogP contribution in [0.15, 0.2) is 0 Å². The van der Waals surface area contributed by atoms with Gasteiger partial charge >= 0.3 is 0 Å². The summed E-state index contributed by atoms with van der Waals surface area (Å²) in [6.45, 7) is 12.9. The van der Waals surface area contributed by atoms with Crippen LogP contribution in [0.4, 0.5) is 0 Å². The summed E-state index contributed by atoms with van der Waals surface area (Å²) in [5, 5.41) is 0. The number of carbonyl (C=O) groups is 1. The summed E-state index contributed by atoms with van der Waals surface area (Å²) in [7, 11) is 0. The monoisotopic (exact) mass is 170 g/mol. The Balaban J connectivity index is 4.30. The minimum Gasteiger partial charge on any atom is -0.303 e. The van der Waals surface area contributed by atoms with Crippen molar-refractivity contribution in [1.29, 1.82) is 0 Å². The fourth-order valence-corrected chi connectivity index (χ4v) is 1.22. The van der Waals surface area contributed by atoms with Crippen LogP contribution < -0.4 is 0 Å². The summed E-state index contributed by atoms with van der Waals surface area (Å²) in [4.78, 5) is 10.8. The van der Waals surface area contributed by atoms with Crippen molar-refractivity contribution in [2.24, 2.45) is 16.7 Å². The molecule has 0 fully saturated rings. The molecule has 12 heavy (non-hydrogen) atoms. The molecule has 1 atom stereocenters. The van der Waals surface area contributed by atoms with E-state index in [4.69, 9.17) is 0 Å². The molecule has 0 aromatic rings. The number of aldehydes is 1. The Morgan fingerprint density at radius 1 is 1.08 bits per heavy atom. The van der Waals surface area contributed by atoms with E-state index in [1.807, 2.05) is 0 Å². The fraction of sp³-hybridized carbons (Fsp3) is 0.909. The quantitative estimate of drug-likeness (QED) is 0.581. The van der Waals surface area contributed by atoms with Crippen LogP contribution >= 0.6 is 0 Å². The molecule has 0 saturated carbocycles. The summed E-state index contributed by atoms with van der Waals surface area (Å²) >= 11 is 0. The fourth-order valence-electron chi connectivity index (χ4n) is 1.22. The number of hydrogen-bond acceptors (Lipinski definition) is 1. The van der Waals surface area contributed by atoms with E-state index in [2.05, 4.69) is 41.5 Å². The second-order valence-electron chi connectivity index (χ2n) is 5.87. The molecule has 0 aromatic heterocycles. The van der Waals surface area contributed by atoms with Crippen LogP contribution in [-0.2, 0) is 4.79 Å². The Labute approximate surface area is 76.6 Å². The molecule has 1 nitrogen and oxygen atoms in total. The van der Waals surface area contributed by atoms with Crippen LogP contribution in [0.2, 0.25) is 0 Å². The molecule has 0 N–H and O–H groups in total. The molecular weight excluding hydrogens is 148 g/mol. The zero-order valence-electron chi connectivity index (χ0n) is 9.27. The second kappa shape index (κ2) is 3.59. The third-order valence-electron chi connectivity index (χ3n) is 2.11. The third-order valence-corrected chi connectivity index (χ3v) is 2.11. The highest BCUT2D eigenvalue weighted by atomic mass is 16.1. The van der Waals surface area contributed by atoms with Gasteiger partial charge in [-0.05, 0) is 17.3 Å². The topological polar surface area (TPSA) is 17.1 Å². The maximum absolute atomic E-state index is 10.8. The lowest BCUT2D eigenvalue weighted by Gasteiger charge is -2.31. The smallest absolute Gasteiger partial charge is 0.123 e. The van der Waals surface area contributed by atoms with Crippen molar-refractivity contribution in [3.8, 4) is 0 Å². The van der Waals surface area contributed by atoms with Crippen molar-refractivity contribution < 1.29 is 4.79 Å². The van der Waals surface area contributed by atoms with Crippen LogP contribution in [-0.4, -0.2) is 6.29 Å². The number of hydrogen-bond donors (Lipinski definition) is 0. The van der Waals surface area contributed by atoms with Crippen molar-refractivity contribution in [2.75, 3.05) is 0 Å². The molecule has 0 aliphatic rings. The van der Waals surface area contributed by atoms with Crippen molar-refractivity contribution in [2.45, 2.75) is 48.0 Å². The van der Waals surface area contributed by atoms with E-state index < -0.39 is 0 Å². The van der Waals surface area contributed by atoms with Gasteiger partial charge in [-0.3, -0.25) is 0 Å². The Bertz CT molecular complexity index is 145. The average molecular weight is 170 g/mol. The van der Waals surface area contributed by atoms with Crippen molar-refractivity contribution in [3.63, 3.8) is 0 Å². The first-order valence-corrected chi connectivity index (χ1v) is 4.62. The molecule has 0 bridgehead atoms. The Hall–Kier alpha value is -0.330.